The molecular formula is C10H20N4O2. The van der Waals surface area contributed by atoms with Gasteiger partial charge in [-0.05, 0) is 13.3 Å². The maximum absolute atomic E-state index is 11.5. The van der Waals surface area contributed by atoms with Crippen LogP contribution in [0.25, 0.3) is 0 Å². The standard InChI is InChI=1S/C10H20N4O2/c1-4-6-7-11-14-8-9(13(3)12-14)10(15)16-5-2/h8,11-12H,4-7H2,1-3H3. The fourth-order valence-electron chi connectivity index (χ4n) is 1.31. The molecule has 0 saturated heterocycles. The van der Waals surface area contributed by atoms with Gasteiger partial charge in [0.2, 0.25) is 0 Å². The average molecular weight is 228 g/mol. The van der Waals surface area contributed by atoms with Gasteiger partial charge in [-0.25, -0.2) is 15.3 Å². The number of nitrogens with zero attached hydrogens (tertiary/aromatic N) is 2. The number of hydrogen-bond acceptors (Lipinski definition) is 6. The number of likely N-dealkylation sites (N-methyl/N-ethyl adjacent to an activating group) is 1. The van der Waals surface area contributed by atoms with Crippen LogP contribution in [0.5, 0.6) is 0 Å². The summed E-state index contributed by atoms with van der Waals surface area (Å²) in [6, 6.07) is 0. The van der Waals surface area contributed by atoms with Gasteiger partial charge in [0, 0.05) is 13.6 Å². The molecule has 0 aromatic heterocycles. The highest BCUT2D eigenvalue weighted by atomic mass is 16.5. The predicted molar refractivity (Wildman–Crippen MR) is 60.4 cm³/mol. The quantitative estimate of drug-likeness (QED) is 0.506. The smallest absolute Gasteiger partial charge is 0.357 e. The summed E-state index contributed by atoms with van der Waals surface area (Å²) in [5.41, 5.74) is 6.59. The van der Waals surface area contributed by atoms with Crippen LogP contribution in [-0.2, 0) is 9.53 Å². The Balaban J connectivity index is 2.44. The van der Waals surface area contributed by atoms with Gasteiger partial charge in [0.1, 0.15) is 0 Å². The molecule has 0 aliphatic carbocycles. The van der Waals surface area contributed by atoms with E-state index >= 15 is 0 Å². The van der Waals surface area contributed by atoms with Crippen LogP contribution in [0, 0.1) is 0 Å². The van der Waals surface area contributed by atoms with Crippen LogP contribution in [-0.4, -0.2) is 36.3 Å². The predicted octanol–water partition coefficient (Wildman–Crippen LogP) is 0.363. The Morgan fingerprint density at radius 3 is 2.94 bits per heavy atom. The summed E-state index contributed by atoms with van der Waals surface area (Å²) in [5, 5.41) is 3.29. The van der Waals surface area contributed by atoms with Gasteiger partial charge in [-0.2, -0.15) is 0 Å². The second kappa shape index (κ2) is 6.34. The maximum Gasteiger partial charge on any atom is 0.357 e. The lowest BCUT2D eigenvalue weighted by Gasteiger charge is -2.20. The summed E-state index contributed by atoms with van der Waals surface area (Å²) < 4.78 is 4.93. The molecule has 0 amide bonds. The minimum atomic E-state index is -0.322. The molecule has 0 aromatic rings. The molecule has 1 rings (SSSR count). The number of nitrogens with one attached hydrogen (secondary N) is 2. The van der Waals surface area contributed by atoms with Crippen molar-refractivity contribution in [3.05, 3.63) is 11.9 Å². The summed E-state index contributed by atoms with van der Waals surface area (Å²) in [4.78, 5) is 11.5. The number of rotatable bonds is 6. The lowest BCUT2D eigenvalue weighted by molar-refractivity contribution is -0.140. The second-order valence-corrected chi connectivity index (χ2v) is 3.53. The first-order chi connectivity index (χ1) is 7.69. The van der Waals surface area contributed by atoms with E-state index in [1.165, 1.54) is 0 Å². The van der Waals surface area contributed by atoms with Gasteiger partial charge in [-0.3, -0.25) is 5.01 Å². The normalized spacial score (nSPS) is 15.3. The van der Waals surface area contributed by atoms with Crippen LogP contribution in [0.1, 0.15) is 26.7 Å². The number of esters is 1. The summed E-state index contributed by atoms with van der Waals surface area (Å²) in [7, 11) is 1.77. The second-order valence-electron chi connectivity index (χ2n) is 3.53. The SMILES string of the molecule is CCCCNN1C=C(C(=O)OCC)N(C)N1. The van der Waals surface area contributed by atoms with Gasteiger partial charge >= 0.3 is 5.97 Å². The molecule has 0 spiro atoms. The zero-order chi connectivity index (χ0) is 12.0. The first-order valence-corrected chi connectivity index (χ1v) is 5.60. The van der Waals surface area contributed by atoms with Crippen LogP contribution >= 0.6 is 0 Å². The molecule has 0 aromatic carbocycles. The van der Waals surface area contributed by atoms with Gasteiger partial charge in [0.25, 0.3) is 0 Å². The van der Waals surface area contributed by atoms with Crippen LogP contribution in [0.15, 0.2) is 11.9 Å². The van der Waals surface area contributed by atoms with E-state index in [1.54, 1.807) is 30.3 Å². The Kier molecular flexibility index (Phi) is 5.07. The highest BCUT2D eigenvalue weighted by molar-refractivity contribution is 5.87. The monoisotopic (exact) mass is 228 g/mol. The van der Waals surface area contributed by atoms with Gasteiger partial charge < -0.3 is 4.74 Å². The van der Waals surface area contributed by atoms with Gasteiger partial charge in [0.05, 0.1) is 12.8 Å². The molecule has 2 N–H and O–H groups in total. The topological polar surface area (TPSA) is 56.8 Å². The third-order valence-corrected chi connectivity index (χ3v) is 2.17. The fourth-order valence-corrected chi connectivity index (χ4v) is 1.31. The summed E-state index contributed by atoms with van der Waals surface area (Å²) in [5.74, 6) is -0.322. The number of carbonyl (C=O) groups is 1. The van der Waals surface area contributed by atoms with Crippen molar-refractivity contribution < 1.29 is 9.53 Å². The van der Waals surface area contributed by atoms with Crippen LogP contribution in [0.4, 0.5) is 0 Å². The van der Waals surface area contributed by atoms with Crippen molar-refractivity contribution in [1.82, 2.24) is 21.1 Å². The van der Waals surface area contributed by atoms with Gasteiger partial charge in [0.15, 0.2) is 5.70 Å². The van der Waals surface area contributed by atoms with Crippen molar-refractivity contribution in [2.24, 2.45) is 0 Å². The minimum Gasteiger partial charge on any atom is -0.461 e. The molecule has 0 atom stereocenters. The minimum absolute atomic E-state index is 0.322. The molecule has 0 saturated carbocycles. The number of hydrazine groups is 3. The van der Waals surface area contributed by atoms with E-state index in [-0.39, 0.29) is 5.97 Å². The van der Waals surface area contributed by atoms with Crippen LogP contribution < -0.4 is 11.0 Å². The third-order valence-electron chi connectivity index (χ3n) is 2.17. The van der Waals surface area contributed by atoms with Gasteiger partial charge in [-0.1, -0.05) is 13.3 Å². The Bertz CT molecular complexity index is 268. The number of hydrogen-bond donors (Lipinski definition) is 2. The highest BCUT2D eigenvalue weighted by Gasteiger charge is 2.23. The first kappa shape index (κ1) is 12.8. The Morgan fingerprint density at radius 2 is 2.31 bits per heavy atom. The molecule has 0 bridgehead atoms. The van der Waals surface area contributed by atoms with Crippen molar-refractivity contribution in [2.45, 2.75) is 26.7 Å². The van der Waals surface area contributed by atoms with Crippen molar-refractivity contribution in [1.29, 1.82) is 0 Å². The van der Waals surface area contributed by atoms with E-state index < -0.39 is 0 Å². The van der Waals surface area contributed by atoms with Crippen LogP contribution in [0.2, 0.25) is 0 Å². The largest absolute Gasteiger partial charge is 0.461 e. The van der Waals surface area contributed by atoms with E-state index in [4.69, 9.17) is 4.74 Å². The molecule has 6 nitrogen and oxygen atoms in total. The average Bonchev–Trinajstić information content (AvgIpc) is 2.61. The Labute approximate surface area is 96.1 Å². The number of unbranched alkanes of at least 4 members (excludes halogenated alkanes) is 1. The molecule has 1 aliphatic rings. The van der Waals surface area contributed by atoms with Gasteiger partial charge in [-0.15, -0.1) is 5.53 Å². The summed E-state index contributed by atoms with van der Waals surface area (Å²) in [6.45, 7) is 5.17. The fraction of sp³-hybridized carbons (Fsp3) is 0.700. The van der Waals surface area contributed by atoms with E-state index in [1.807, 2.05) is 0 Å². The maximum atomic E-state index is 11.5. The highest BCUT2D eigenvalue weighted by Crippen LogP contribution is 2.08. The first-order valence-electron chi connectivity index (χ1n) is 5.60. The van der Waals surface area contributed by atoms with E-state index in [0.29, 0.717) is 12.3 Å². The molecule has 0 radical (unpaired) electrons. The lowest BCUT2D eigenvalue weighted by Crippen LogP contribution is -2.46. The zero-order valence-electron chi connectivity index (χ0n) is 10.1. The molecule has 16 heavy (non-hydrogen) atoms. The molecule has 0 unspecified atom stereocenters. The number of carbonyl (C=O) groups excluding carboxylic acids is 1. The molecule has 0 fully saturated rings. The molecular weight excluding hydrogens is 208 g/mol. The lowest BCUT2D eigenvalue weighted by atomic mass is 10.3. The Hall–Kier alpha value is -1.27. The summed E-state index contributed by atoms with van der Waals surface area (Å²) in [6.07, 6.45) is 3.91. The zero-order valence-corrected chi connectivity index (χ0v) is 10.1. The molecule has 1 aliphatic heterocycles. The summed E-state index contributed by atoms with van der Waals surface area (Å²) >= 11 is 0. The van der Waals surface area contributed by atoms with Crippen molar-refractivity contribution in [2.75, 3.05) is 20.2 Å². The molecule has 1 heterocycles. The third kappa shape index (κ3) is 3.39. The van der Waals surface area contributed by atoms with Crippen molar-refractivity contribution in [3.63, 3.8) is 0 Å². The van der Waals surface area contributed by atoms with E-state index in [9.17, 15) is 4.79 Å². The van der Waals surface area contributed by atoms with E-state index in [0.717, 1.165) is 19.4 Å². The van der Waals surface area contributed by atoms with Crippen molar-refractivity contribution in [3.8, 4) is 0 Å². The number of ether oxygens (including phenoxy) is 1. The molecule has 92 valence electrons. The Morgan fingerprint density at radius 1 is 1.56 bits per heavy atom. The molecule has 6 heteroatoms. The van der Waals surface area contributed by atoms with Crippen LogP contribution in [0.3, 0.4) is 0 Å². The van der Waals surface area contributed by atoms with Crippen molar-refractivity contribution >= 4 is 5.97 Å². The van der Waals surface area contributed by atoms with E-state index in [2.05, 4.69) is 17.9 Å².